The van der Waals surface area contributed by atoms with E-state index in [1.807, 2.05) is 30.3 Å². The van der Waals surface area contributed by atoms with Crippen molar-refractivity contribution in [1.82, 2.24) is 15.1 Å². The summed E-state index contributed by atoms with van der Waals surface area (Å²) in [6.45, 7) is 0.527. The Balaban J connectivity index is 1.31. The zero-order valence-electron chi connectivity index (χ0n) is 14.4. The molecule has 27 heavy (non-hydrogen) atoms. The number of hydrogen-bond donors (Lipinski definition) is 0. The lowest BCUT2D eigenvalue weighted by Gasteiger charge is -2.14. The molecule has 8 nitrogen and oxygen atoms in total. The van der Waals surface area contributed by atoms with E-state index < -0.39 is 11.9 Å². The monoisotopic (exact) mass is 367 g/mol. The third-order valence-corrected chi connectivity index (χ3v) is 4.30. The molecule has 3 aromatic rings. The van der Waals surface area contributed by atoms with Crippen LogP contribution in [-0.4, -0.2) is 33.5 Å². The average molecular weight is 367 g/mol. The molecular weight excluding hydrogens is 350 g/mol. The Kier molecular flexibility index (Phi) is 4.69. The van der Waals surface area contributed by atoms with Gasteiger partial charge in [-0.25, -0.2) is 0 Å². The van der Waals surface area contributed by atoms with Crippen LogP contribution in [0.3, 0.4) is 0 Å². The Labute approximate surface area is 154 Å². The molecule has 0 saturated carbocycles. The highest BCUT2D eigenvalue weighted by Gasteiger charge is 2.35. The third kappa shape index (κ3) is 3.89. The summed E-state index contributed by atoms with van der Waals surface area (Å²) in [5.74, 6) is 0.184. The van der Waals surface area contributed by atoms with Gasteiger partial charge in [0.1, 0.15) is 5.76 Å². The van der Waals surface area contributed by atoms with E-state index in [0.29, 0.717) is 24.7 Å². The maximum atomic E-state index is 12.3. The van der Waals surface area contributed by atoms with Crippen LogP contribution in [0.4, 0.5) is 0 Å². The van der Waals surface area contributed by atoms with E-state index in [0.717, 1.165) is 5.56 Å². The minimum absolute atomic E-state index is 0.0995. The Morgan fingerprint density at radius 3 is 2.81 bits per heavy atom. The van der Waals surface area contributed by atoms with E-state index in [1.54, 1.807) is 23.3 Å². The molecule has 0 unspecified atom stereocenters. The SMILES string of the molecule is O=C(OCc1nnc(-c2ccccc2)o1)[C@H]1CC(=O)N(Cc2ccco2)C1. The van der Waals surface area contributed by atoms with Gasteiger partial charge in [-0.1, -0.05) is 18.2 Å². The van der Waals surface area contributed by atoms with E-state index in [4.69, 9.17) is 13.6 Å². The minimum atomic E-state index is -0.510. The summed E-state index contributed by atoms with van der Waals surface area (Å²) in [4.78, 5) is 25.9. The predicted octanol–water partition coefficient (Wildman–Crippen LogP) is 2.42. The second-order valence-electron chi connectivity index (χ2n) is 6.23. The number of ether oxygens (including phenoxy) is 1. The lowest BCUT2D eigenvalue weighted by atomic mass is 10.1. The van der Waals surface area contributed by atoms with Gasteiger partial charge < -0.3 is 18.5 Å². The van der Waals surface area contributed by atoms with Gasteiger partial charge in [0.25, 0.3) is 5.89 Å². The Morgan fingerprint density at radius 1 is 1.19 bits per heavy atom. The van der Waals surface area contributed by atoms with Crippen molar-refractivity contribution in [2.45, 2.75) is 19.6 Å². The van der Waals surface area contributed by atoms with E-state index in [-0.39, 0.29) is 24.8 Å². The number of benzene rings is 1. The molecule has 0 radical (unpaired) electrons. The number of likely N-dealkylation sites (tertiary alicyclic amines) is 1. The predicted molar refractivity (Wildman–Crippen MR) is 91.8 cm³/mol. The quantitative estimate of drug-likeness (QED) is 0.617. The Hall–Kier alpha value is -3.42. The van der Waals surface area contributed by atoms with Gasteiger partial charge in [-0.3, -0.25) is 9.59 Å². The van der Waals surface area contributed by atoms with Gasteiger partial charge in [-0.2, -0.15) is 0 Å². The van der Waals surface area contributed by atoms with E-state index in [1.165, 1.54) is 0 Å². The highest BCUT2D eigenvalue weighted by molar-refractivity contribution is 5.86. The summed E-state index contributed by atoms with van der Waals surface area (Å²) in [5.41, 5.74) is 0.789. The first-order valence-electron chi connectivity index (χ1n) is 8.53. The standard InChI is InChI=1S/C19H17N3O5/c23-17-9-14(10-22(17)11-15-7-4-8-25-15)19(24)26-12-16-20-21-18(27-16)13-5-2-1-3-6-13/h1-8,14H,9-12H2/t14-/m0/s1. The molecule has 0 N–H and O–H groups in total. The fourth-order valence-electron chi connectivity index (χ4n) is 2.93. The lowest BCUT2D eigenvalue weighted by Crippen LogP contribution is -2.26. The molecule has 1 aliphatic rings. The van der Waals surface area contributed by atoms with Crippen molar-refractivity contribution in [3.8, 4) is 11.5 Å². The van der Waals surface area contributed by atoms with E-state index in [9.17, 15) is 9.59 Å². The normalized spacial score (nSPS) is 16.7. The molecule has 8 heteroatoms. The molecule has 1 fully saturated rings. The molecule has 0 bridgehead atoms. The van der Waals surface area contributed by atoms with E-state index in [2.05, 4.69) is 10.2 Å². The van der Waals surface area contributed by atoms with Crippen LogP contribution >= 0.6 is 0 Å². The van der Waals surface area contributed by atoms with E-state index >= 15 is 0 Å². The minimum Gasteiger partial charge on any atom is -0.467 e. The fourth-order valence-corrected chi connectivity index (χ4v) is 2.93. The summed E-state index contributed by atoms with van der Waals surface area (Å²) in [6, 6.07) is 12.9. The number of furan rings is 1. The number of amides is 1. The lowest BCUT2D eigenvalue weighted by molar-refractivity contribution is -0.150. The van der Waals surface area contributed by atoms with Crippen LogP contribution in [-0.2, 0) is 27.5 Å². The van der Waals surface area contributed by atoms with Gasteiger partial charge in [-0.05, 0) is 24.3 Å². The summed E-state index contributed by atoms with van der Waals surface area (Å²) in [6.07, 6.45) is 1.67. The number of aromatic nitrogens is 2. The van der Waals surface area contributed by atoms with Crippen LogP contribution in [0.2, 0.25) is 0 Å². The van der Waals surface area contributed by atoms with Crippen molar-refractivity contribution >= 4 is 11.9 Å². The Bertz CT molecular complexity index is 920. The number of nitrogens with zero attached hydrogens (tertiary/aromatic N) is 3. The zero-order chi connectivity index (χ0) is 18.6. The molecule has 1 aromatic carbocycles. The smallest absolute Gasteiger partial charge is 0.311 e. The second kappa shape index (κ2) is 7.45. The molecule has 138 valence electrons. The topological polar surface area (TPSA) is 98.7 Å². The van der Waals surface area contributed by atoms with Gasteiger partial charge >= 0.3 is 5.97 Å². The van der Waals surface area contributed by atoms with Gasteiger partial charge in [0.2, 0.25) is 11.8 Å². The number of hydrogen-bond acceptors (Lipinski definition) is 7. The molecule has 1 atom stereocenters. The fraction of sp³-hybridized carbons (Fsp3) is 0.263. The third-order valence-electron chi connectivity index (χ3n) is 4.30. The van der Waals surface area contributed by atoms with Crippen LogP contribution in [0.15, 0.2) is 57.6 Å². The van der Waals surface area contributed by atoms with Crippen molar-refractivity contribution in [3.05, 3.63) is 60.4 Å². The van der Waals surface area contributed by atoms with Crippen LogP contribution in [0.1, 0.15) is 18.1 Å². The number of carbonyl (C=O) groups excluding carboxylic acids is 2. The molecule has 2 aromatic heterocycles. The van der Waals surface area contributed by atoms with Gasteiger partial charge in [0.05, 0.1) is 18.7 Å². The summed E-state index contributed by atoms with van der Waals surface area (Å²) < 4.78 is 16.0. The van der Waals surface area contributed by atoms with Crippen LogP contribution < -0.4 is 0 Å². The summed E-state index contributed by atoms with van der Waals surface area (Å²) in [5, 5.41) is 7.83. The molecule has 1 saturated heterocycles. The van der Waals surface area contributed by atoms with Crippen LogP contribution in [0.25, 0.3) is 11.5 Å². The molecular formula is C19H17N3O5. The van der Waals surface area contributed by atoms with Crippen molar-refractivity contribution in [2.24, 2.45) is 5.92 Å². The molecule has 1 aliphatic heterocycles. The van der Waals surface area contributed by atoms with Crippen LogP contribution in [0, 0.1) is 5.92 Å². The van der Waals surface area contributed by atoms with Crippen molar-refractivity contribution in [2.75, 3.05) is 6.54 Å². The first-order valence-corrected chi connectivity index (χ1v) is 8.53. The first kappa shape index (κ1) is 17.0. The zero-order valence-corrected chi connectivity index (χ0v) is 14.4. The average Bonchev–Trinajstić information content (AvgIpc) is 3.43. The maximum absolute atomic E-state index is 12.3. The second-order valence-corrected chi connectivity index (χ2v) is 6.23. The van der Waals surface area contributed by atoms with Crippen molar-refractivity contribution in [1.29, 1.82) is 0 Å². The molecule has 3 heterocycles. The number of rotatable bonds is 6. The first-order chi connectivity index (χ1) is 13.2. The van der Waals surface area contributed by atoms with Gasteiger partial charge in [0, 0.05) is 18.5 Å². The summed E-state index contributed by atoms with van der Waals surface area (Å²) in [7, 11) is 0. The highest BCUT2D eigenvalue weighted by Crippen LogP contribution is 2.22. The summed E-state index contributed by atoms with van der Waals surface area (Å²) >= 11 is 0. The number of carbonyl (C=O) groups is 2. The van der Waals surface area contributed by atoms with Gasteiger partial charge in [-0.15, -0.1) is 10.2 Å². The molecule has 0 spiro atoms. The largest absolute Gasteiger partial charge is 0.467 e. The van der Waals surface area contributed by atoms with Crippen LogP contribution in [0.5, 0.6) is 0 Å². The van der Waals surface area contributed by atoms with Crippen molar-refractivity contribution in [3.63, 3.8) is 0 Å². The molecule has 1 amide bonds. The van der Waals surface area contributed by atoms with Crippen molar-refractivity contribution < 1.29 is 23.2 Å². The van der Waals surface area contributed by atoms with Gasteiger partial charge in [0.15, 0.2) is 6.61 Å². The molecule has 0 aliphatic carbocycles. The Morgan fingerprint density at radius 2 is 2.04 bits per heavy atom. The highest BCUT2D eigenvalue weighted by atomic mass is 16.5. The molecule has 4 rings (SSSR count). The number of esters is 1. The maximum Gasteiger partial charge on any atom is 0.311 e.